The average Bonchev–Trinajstić information content (AvgIpc) is 2.79. The Morgan fingerprint density at radius 1 is 0.452 bits per heavy atom. The van der Waals surface area contributed by atoms with Gasteiger partial charge in [-0.25, -0.2) is 0 Å². The summed E-state index contributed by atoms with van der Waals surface area (Å²) in [4.78, 5) is 0. The molecule has 0 nitrogen and oxygen atoms in total. The van der Waals surface area contributed by atoms with Crippen LogP contribution in [0.4, 0.5) is 0 Å². The predicted octanol–water partition coefficient (Wildman–Crippen LogP) is 8.20. The largest absolute Gasteiger partial charge is 1.00 e. The first-order valence-corrected chi connectivity index (χ1v) is 12.1. The summed E-state index contributed by atoms with van der Waals surface area (Å²) in [7, 11) is -0.446. The number of hydrogen-bond acceptors (Lipinski definition) is 0. The van der Waals surface area contributed by atoms with Crippen LogP contribution < -0.4 is 15.9 Å². The number of halogens is 5. The molecule has 4 rings (SSSR count). The first kappa shape index (κ1) is 26.8. The molecule has 0 spiro atoms. The van der Waals surface area contributed by atoms with Crippen LogP contribution in [-0.2, 0) is 22.4 Å². The van der Waals surface area contributed by atoms with Gasteiger partial charge in [0.2, 0.25) is 0 Å². The maximum Gasteiger partial charge on any atom is 1.00 e. The molecule has 0 atom stereocenters. The fourth-order valence-corrected chi connectivity index (χ4v) is 6.02. The standard InChI is InChI=1S/C18H15P.C6Cl5.Au/c1-4-10-16(11-5-1)19(17-12-6-2-7-13-17)18-14-8-3-9-15-18;7-2-1-3(8)5(10)6(11)4(2)9;/h1-15H;;/q;-1;+1. The zero-order chi connectivity index (χ0) is 21.5. The first-order valence-electron chi connectivity index (χ1n) is 8.85. The van der Waals surface area contributed by atoms with Crippen LogP contribution in [-0.4, -0.2) is 0 Å². The summed E-state index contributed by atoms with van der Waals surface area (Å²) in [5.74, 6) is 0. The summed E-state index contributed by atoms with van der Waals surface area (Å²) in [5.41, 5.74) is 0. The van der Waals surface area contributed by atoms with Crippen molar-refractivity contribution in [2.45, 2.75) is 0 Å². The van der Waals surface area contributed by atoms with E-state index < -0.39 is 7.92 Å². The van der Waals surface area contributed by atoms with E-state index in [1.165, 1.54) is 15.9 Å². The van der Waals surface area contributed by atoms with E-state index >= 15 is 0 Å². The Bertz CT molecular complexity index is 973. The van der Waals surface area contributed by atoms with Crippen molar-refractivity contribution in [2.75, 3.05) is 0 Å². The first-order chi connectivity index (χ1) is 14.5. The SMILES string of the molecule is Clc1[c-]c(Cl)c(Cl)c(Cl)c1Cl.[Au+].c1ccc(P(c2ccccc2)c2ccccc2)cc1. The number of rotatable bonds is 3. The molecule has 0 N–H and O–H groups in total. The fraction of sp³-hybridized carbons (Fsp3) is 0. The van der Waals surface area contributed by atoms with Crippen LogP contribution in [0, 0.1) is 6.07 Å². The van der Waals surface area contributed by atoms with Crippen LogP contribution in [0.25, 0.3) is 0 Å². The van der Waals surface area contributed by atoms with Gasteiger partial charge in [0.25, 0.3) is 0 Å². The third-order valence-electron chi connectivity index (χ3n) is 4.03. The van der Waals surface area contributed by atoms with E-state index in [1.807, 2.05) is 0 Å². The Labute approximate surface area is 224 Å². The monoisotopic (exact) mass is 706 g/mol. The van der Waals surface area contributed by atoms with E-state index in [0.717, 1.165) is 0 Å². The fourth-order valence-electron chi connectivity index (χ4n) is 2.67. The maximum atomic E-state index is 5.64. The minimum absolute atomic E-state index is 0. The maximum absolute atomic E-state index is 5.64. The molecule has 162 valence electrons. The second-order valence-electron chi connectivity index (χ2n) is 6.04. The molecule has 4 aromatic rings. The molecule has 31 heavy (non-hydrogen) atoms. The molecule has 0 amide bonds. The third-order valence-corrected chi connectivity index (χ3v) is 8.56. The van der Waals surface area contributed by atoms with Gasteiger partial charge >= 0.3 is 22.4 Å². The normalized spacial score (nSPS) is 10.1. The van der Waals surface area contributed by atoms with Gasteiger partial charge in [0.05, 0.1) is 0 Å². The van der Waals surface area contributed by atoms with E-state index in [2.05, 4.69) is 97.1 Å². The molecule has 0 unspecified atom stereocenters. The van der Waals surface area contributed by atoms with Crippen LogP contribution in [0.5, 0.6) is 0 Å². The van der Waals surface area contributed by atoms with Crippen molar-refractivity contribution in [3.63, 3.8) is 0 Å². The Kier molecular flexibility index (Phi) is 11.4. The van der Waals surface area contributed by atoms with E-state index in [1.54, 1.807) is 0 Å². The van der Waals surface area contributed by atoms with Gasteiger partial charge in [-0.05, 0) is 38.9 Å². The topological polar surface area (TPSA) is 0 Å². The molecule has 0 heterocycles. The molecule has 0 aromatic heterocycles. The zero-order valence-corrected chi connectivity index (χ0v) is 22.6. The second kappa shape index (κ2) is 13.3. The molecule has 7 heteroatoms. The molecule has 0 aliphatic rings. The second-order valence-corrected chi connectivity index (χ2v) is 10.1. The van der Waals surface area contributed by atoms with E-state index in [-0.39, 0.29) is 47.5 Å². The van der Waals surface area contributed by atoms with Crippen molar-refractivity contribution in [1.29, 1.82) is 0 Å². The quantitative estimate of drug-likeness (QED) is 0.0663. The molecular weight excluding hydrogens is 693 g/mol. The van der Waals surface area contributed by atoms with E-state index in [9.17, 15) is 0 Å². The van der Waals surface area contributed by atoms with Crippen molar-refractivity contribution < 1.29 is 22.4 Å². The molecule has 0 radical (unpaired) electrons. The van der Waals surface area contributed by atoms with Crippen LogP contribution in [0.1, 0.15) is 0 Å². The van der Waals surface area contributed by atoms with Gasteiger partial charge in [0, 0.05) is 0 Å². The van der Waals surface area contributed by atoms with Gasteiger partial charge in [-0.15, -0.1) is 40.9 Å². The summed E-state index contributed by atoms with van der Waals surface area (Å²) in [6.45, 7) is 0. The summed E-state index contributed by atoms with van der Waals surface area (Å²) < 4.78 is 0. The summed E-state index contributed by atoms with van der Waals surface area (Å²) in [6.07, 6.45) is 0. The van der Waals surface area contributed by atoms with Crippen molar-refractivity contribution in [3.8, 4) is 0 Å². The molecule has 4 aromatic carbocycles. The van der Waals surface area contributed by atoms with Gasteiger partial charge in [-0.1, -0.05) is 101 Å². The minimum atomic E-state index is -0.446. The molecule has 0 bridgehead atoms. The molecule has 0 aliphatic carbocycles. The number of hydrogen-bond donors (Lipinski definition) is 0. The molecule has 0 fully saturated rings. The Balaban J connectivity index is 0.000000245. The zero-order valence-electron chi connectivity index (χ0n) is 15.8. The predicted molar refractivity (Wildman–Crippen MR) is 135 cm³/mol. The summed E-state index contributed by atoms with van der Waals surface area (Å²) in [5, 5.41) is 5.03. The summed E-state index contributed by atoms with van der Waals surface area (Å²) >= 11 is 28.0. The van der Waals surface area contributed by atoms with Gasteiger partial charge in [-0.2, -0.15) is 23.2 Å². The van der Waals surface area contributed by atoms with E-state index in [0.29, 0.717) is 0 Å². The van der Waals surface area contributed by atoms with Crippen molar-refractivity contribution in [3.05, 3.63) is 122 Å². The molecule has 0 aliphatic heterocycles. The smallest absolute Gasteiger partial charge is 0.164 e. The van der Waals surface area contributed by atoms with Gasteiger partial charge in [0.1, 0.15) is 0 Å². The van der Waals surface area contributed by atoms with Crippen molar-refractivity contribution in [1.82, 2.24) is 0 Å². The Morgan fingerprint density at radius 2 is 0.742 bits per heavy atom. The van der Waals surface area contributed by atoms with Crippen LogP contribution in [0.3, 0.4) is 0 Å². The van der Waals surface area contributed by atoms with Crippen LogP contribution in [0.15, 0.2) is 91.0 Å². The van der Waals surface area contributed by atoms with Gasteiger partial charge in [-0.3, -0.25) is 0 Å². The van der Waals surface area contributed by atoms with Crippen molar-refractivity contribution in [2.24, 2.45) is 0 Å². The van der Waals surface area contributed by atoms with Gasteiger partial charge < -0.3 is 0 Å². The molecule has 0 saturated carbocycles. The third kappa shape index (κ3) is 7.24. The van der Waals surface area contributed by atoms with Crippen molar-refractivity contribution >= 4 is 81.8 Å². The Hall–Kier alpha value is -0.500. The average molecular weight is 709 g/mol. The van der Waals surface area contributed by atoms with Gasteiger partial charge in [0.15, 0.2) is 0 Å². The minimum Gasteiger partial charge on any atom is -0.164 e. The summed E-state index contributed by atoms with van der Waals surface area (Å²) in [6, 6.07) is 34.9. The van der Waals surface area contributed by atoms with Crippen LogP contribution >= 0.6 is 65.9 Å². The molecule has 0 saturated heterocycles. The number of benzene rings is 4. The Morgan fingerprint density at radius 3 is 1.03 bits per heavy atom. The molecular formula is C24H15AuCl5P. The van der Waals surface area contributed by atoms with Crippen LogP contribution in [0.2, 0.25) is 25.1 Å². The van der Waals surface area contributed by atoms with E-state index in [4.69, 9.17) is 58.0 Å².